The molecule has 0 saturated carbocycles. The molecular weight excluding hydrogens is 318 g/mol. The summed E-state index contributed by atoms with van der Waals surface area (Å²) in [6.07, 6.45) is 9.16. The monoisotopic (exact) mass is 348 g/mol. The predicted octanol–water partition coefficient (Wildman–Crippen LogP) is 3.81. The molecule has 0 amide bonds. The Kier molecular flexibility index (Phi) is 17.5. The van der Waals surface area contributed by atoms with Crippen molar-refractivity contribution in [1.82, 2.24) is 5.32 Å². The van der Waals surface area contributed by atoms with Crippen LogP contribution in [-0.4, -0.2) is 33.7 Å². The van der Waals surface area contributed by atoms with Crippen molar-refractivity contribution in [3.63, 3.8) is 0 Å². The van der Waals surface area contributed by atoms with Crippen molar-refractivity contribution in [2.24, 2.45) is 0 Å². The summed E-state index contributed by atoms with van der Waals surface area (Å²) in [6.45, 7) is 8.54. The minimum Gasteiger partial charge on any atom is -0.668 e. The molecule has 1 aliphatic rings. The molecule has 19 heavy (non-hydrogen) atoms. The Morgan fingerprint density at radius 3 is 1.79 bits per heavy atom. The second-order valence-corrected chi connectivity index (χ2v) is 4.98. The van der Waals surface area contributed by atoms with Gasteiger partial charge in [-0.05, 0) is 20.8 Å². The molecule has 0 heterocycles. The van der Waals surface area contributed by atoms with Crippen molar-refractivity contribution in [2.45, 2.75) is 33.2 Å². The fourth-order valence-corrected chi connectivity index (χ4v) is 1.19. The van der Waals surface area contributed by atoms with Crippen LogP contribution in [-0.2, 0) is 21.1 Å². The van der Waals surface area contributed by atoms with Gasteiger partial charge in [-0.2, -0.15) is 46.4 Å². The van der Waals surface area contributed by atoms with Crippen LogP contribution in [0.1, 0.15) is 27.7 Å². The van der Waals surface area contributed by atoms with Crippen LogP contribution in [0.3, 0.4) is 0 Å². The van der Waals surface area contributed by atoms with Gasteiger partial charge in [-0.3, -0.25) is 0 Å². The first-order chi connectivity index (χ1) is 8.32. The van der Waals surface area contributed by atoms with Gasteiger partial charge >= 0.3 is 21.1 Å². The number of allylic oxidation sites excluding steroid dienone is 6. The molecule has 1 radical (unpaired) electrons. The van der Waals surface area contributed by atoms with E-state index in [1.54, 1.807) is 28.2 Å². The smallest absolute Gasteiger partial charge is 0.668 e. The van der Waals surface area contributed by atoms with E-state index in [0.717, 1.165) is 5.57 Å². The van der Waals surface area contributed by atoms with Crippen molar-refractivity contribution < 1.29 is 21.1 Å². The largest absolute Gasteiger partial charge is 3.00 e. The summed E-state index contributed by atoms with van der Waals surface area (Å²) in [5.74, 6) is 0. The van der Waals surface area contributed by atoms with E-state index in [1.807, 2.05) is 12.2 Å². The molecule has 0 unspecified atom stereocenters. The third-order valence-corrected chi connectivity index (χ3v) is 1.56. The third-order valence-electron chi connectivity index (χ3n) is 1.56. The number of rotatable bonds is 1. The zero-order valence-corrected chi connectivity index (χ0v) is 15.5. The van der Waals surface area contributed by atoms with Crippen molar-refractivity contribution >= 4 is 0 Å². The zero-order valence-electron chi connectivity index (χ0n) is 13.5. The van der Waals surface area contributed by atoms with E-state index in [9.17, 15) is 0 Å². The summed E-state index contributed by atoms with van der Waals surface area (Å²) in [6, 6.07) is 0. The summed E-state index contributed by atoms with van der Waals surface area (Å²) < 4.78 is 0. The molecule has 0 spiro atoms. The van der Waals surface area contributed by atoms with Crippen LogP contribution < -0.4 is 5.32 Å². The Balaban J connectivity index is -0.000000314. The molecule has 3 nitrogen and oxygen atoms in total. The zero-order chi connectivity index (χ0) is 14.6. The first-order valence-electron chi connectivity index (χ1n) is 6.03. The second-order valence-electron chi connectivity index (χ2n) is 4.98. The van der Waals surface area contributed by atoms with Gasteiger partial charge in [-0.25, -0.2) is 0 Å². The standard InChI is InChI=1S/C11H16N.2C2H6N.Mo/c1-9(12-11(2,3)4)10-7-5-6-8-10;2*1-3-2;/h5-7,12H,1-4H3;2*1-2H3;/q3*-1;+3. The van der Waals surface area contributed by atoms with Crippen LogP contribution in [0.2, 0.25) is 0 Å². The average Bonchev–Trinajstić information content (AvgIpc) is 2.69. The Hall–Kier alpha value is -0.372. The summed E-state index contributed by atoms with van der Waals surface area (Å²) in [5.41, 5.74) is 2.48. The molecule has 109 valence electrons. The molecule has 0 bridgehead atoms. The maximum Gasteiger partial charge on any atom is 3.00 e. The van der Waals surface area contributed by atoms with E-state index in [0.29, 0.717) is 0 Å². The van der Waals surface area contributed by atoms with Gasteiger partial charge in [-0.15, -0.1) is 11.6 Å². The molecule has 0 aliphatic heterocycles. The van der Waals surface area contributed by atoms with Gasteiger partial charge in [0.05, 0.1) is 0 Å². The summed E-state index contributed by atoms with van der Waals surface area (Å²) >= 11 is 0. The van der Waals surface area contributed by atoms with Crippen molar-refractivity contribution in [3.8, 4) is 0 Å². The molecule has 0 atom stereocenters. The Labute approximate surface area is 134 Å². The molecule has 0 fully saturated rings. The summed E-state index contributed by atoms with van der Waals surface area (Å²) in [5, 5.41) is 10.4. The fraction of sp³-hybridized carbons (Fsp3) is 0.600. The molecule has 1 rings (SSSR count). The molecular formula is C15H28MoN3. The van der Waals surface area contributed by atoms with Gasteiger partial charge in [-0.1, -0.05) is 12.6 Å². The Bertz CT molecular complexity index is 270. The van der Waals surface area contributed by atoms with Gasteiger partial charge in [0, 0.05) is 5.54 Å². The van der Waals surface area contributed by atoms with Gasteiger partial charge in [0.25, 0.3) is 0 Å². The van der Waals surface area contributed by atoms with Gasteiger partial charge in [0.1, 0.15) is 0 Å². The van der Waals surface area contributed by atoms with Crippen molar-refractivity contribution in [3.05, 3.63) is 46.2 Å². The number of hydrogen-bond donors (Lipinski definition) is 1. The van der Waals surface area contributed by atoms with E-state index in [-0.39, 0.29) is 26.6 Å². The molecule has 1 N–H and O–H groups in total. The van der Waals surface area contributed by atoms with Crippen LogP contribution in [0.15, 0.2) is 29.5 Å². The van der Waals surface area contributed by atoms with Crippen LogP contribution in [0.5, 0.6) is 0 Å². The Morgan fingerprint density at radius 2 is 1.53 bits per heavy atom. The maximum atomic E-state index is 3.50. The number of hydrogen-bond acceptors (Lipinski definition) is 1. The molecule has 0 aromatic carbocycles. The third kappa shape index (κ3) is 17.6. The quantitative estimate of drug-likeness (QED) is 0.569. The summed E-state index contributed by atoms with van der Waals surface area (Å²) in [4.78, 5) is 0. The SMILES string of the molecule is CC(NC(C)(C)C)=C1[C-]=CC=C1.C[N-]C.C[N-]C.[Mo+3]. The molecule has 1 aliphatic carbocycles. The molecule has 0 saturated heterocycles. The van der Waals surface area contributed by atoms with Crippen LogP contribution in [0.4, 0.5) is 0 Å². The van der Waals surface area contributed by atoms with Crippen molar-refractivity contribution in [1.29, 1.82) is 0 Å². The average molecular weight is 346 g/mol. The first kappa shape index (κ1) is 23.7. The molecule has 0 aromatic rings. The summed E-state index contributed by atoms with van der Waals surface area (Å²) in [7, 11) is 7.00. The van der Waals surface area contributed by atoms with Crippen LogP contribution in [0, 0.1) is 6.08 Å². The van der Waals surface area contributed by atoms with E-state index >= 15 is 0 Å². The second kappa shape index (κ2) is 14.0. The molecule has 0 aromatic heterocycles. The van der Waals surface area contributed by atoms with E-state index in [2.05, 4.69) is 55.8 Å². The predicted molar refractivity (Wildman–Crippen MR) is 83.0 cm³/mol. The van der Waals surface area contributed by atoms with E-state index in [4.69, 9.17) is 0 Å². The van der Waals surface area contributed by atoms with E-state index < -0.39 is 0 Å². The van der Waals surface area contributed by atoms with Gasteiger partial charge in [0.2, 0.25) is 0 Å². The normalized spacial score (nSPS) is 14.5. The fourth-order valence-electron chi connectivity index (χ4n) is 1.19. The minimum absolute atomic E-state index is 0. The van der Waals surface area contributed by atoms with Gasteiger partial charge < -0.3 is 16.0 Å². The van der Waals surface area contributed by atoms with Crippen LogP contribution >= 0.6 is 0 Å². The number of nitrogens with one attached hydrogen (secondary N) is 1. The molecule has 4 heteroatoms. The Morgan fingerprint density at radius 1 is 1.11 bits per heavy atom. The van der Waals surface area contributed by atoms with Crippen molar-refractivity contribution in [2.75, 3.05) is 28.2 Å². The maximum absolute atomic E-state index is 3.50. The van der Waals surface area contributed by atoms with E-state index in [1.165, 1.54) is 5.70 Å². The van der Waals surface area contributed by atoms with Gasteiger partial charge in [0.15, 0.2) is 0 Å². The number of nitrogens with zero attached hydrogens (tertiary/aromatic N) is 2. The topological polar surface area (TPSA) is 40.2 Å². The minimum atomic E-state index is 0. The first-order valence-corrected chi connectivity index (χ1v) is 6.03. The van der Waals surface area contributed by atoms with Crippen LogP contribution in [0.25, 0.3) is 10.6 Å².